The highest BCUT2D eigenvalue weighted by atomic mass is 32.2. The average molecular weight is 442 g/mol. The van der Waals surface area contributed by atoms with Gasteiger partial charge in [-0.05, 0) is 18.1 Å². The minimum atomic E-state index is -0.323. The minimum Gasteiger partial charge on any atom is -0.368 e. The molecule has 1 saturated heterocycles. The van der Waals surface area contributed by atoms with Gasteiger partial charge in [0, 0.05) is 20.1 Å². The number of fused-ring (bicyclic) bond motifs is 1. The molecule has 31 heavy (non-hydrogen) atoms. The lowest BCUT2D eigenvalue weighted by Gasteiger charge is -2.44. The van der Waals surface area contributed by atoms with Gasteiger partial charge in [-0.3, -0.25) is 4.99 Å². The normalized spacial score (nSPS) is 28.6. The lowest BCUT2D eigenvalue weighted by molar-refractivity contribution is -0.201. The van der Waals surface area contributed by atoms with Crippen LogP contribution in [0.5, 0.6) is 0 Å². The van der Waals surface area contributed by atoms with Crippen molar-refractivity contribution >= 4 is 16.9 Å². The van der Waals surface area contributed by atoms with E-state index < -0.39 is 0 Å². The van der Waals surface area contributed by atoms with Gasteiger partial charge in [-0.2, -0.15) is 0 Å². The number of nitrogens with zero attached hydrogens (tertiary/aromatic N) is 2. The maximum absolute atomic E-state index is 6.49. The molecule has 0 radical (unpaired) electrons. The fourth-order valence-electron chi connectivity index (χ4n) is 3.90. The Kier molecular flexibility index (Phi) is 7.30. The molecule has 2 heterocycles. The van der Waals surface area contributed by atoms with Crippen LogP contribution in [0.4, 0.5) is 0 Å². The Morgan fingerprint density at radius 3 is 2.03 bits per heavy atom. The molecule has 7 heteroatoms. The number of nitrogens with two attached hydrogens (primary N) is 1. The van der Waals surface area contributed by atoms with Crippen molar-refractivity contribution in [2.75, 3.05) is 14.1 Å². The molecule has 2 N–H and O–H groups in total. The summed E-state index contributed by atoms with van der Waals surface area (Å²) < 4.78 is 19.3. The van der Waals surface area contributed by atoms with Gasteiger partial charge in [0.05, 0.1) is 13.2 Å². The Morgan fingerprint density at radius 2 is 1.52 bits per heavy atom. The highest BCUT2D eigenvalue weighted by molar-refractivity contribution is 8.14. The molecular formula is C24H31N3O3S. The van der Waals surface area contributed by atoms with Crippen LogP contribution in [0.25, 0.3) is 0 Å². The van der Waals surface area contributed by atoms with Crippen molar-refractivity contribution in [2.45, 2.75) is 56.0 Å². The second-order valence-corrected chi connectivity index (χ2v) is 9.33. The molecular weight excluding hydrogens is 410 g/mol. The molecule has 2 aliphatic rings. The molecule has 2 aliphatic heterocycles. The van der Waals surface area contributed by atoms with E-state index in [4.69, 9.17) is 24.9 Å². The monoisotopic (exact) mass is 441 g/mol. The highest BCUT2D eigenvalue weighted by Crippen LogP contribution is 2.40. The number of benzene rings is 2. The Morgan fingerprint density at radius 1 is 0.968 bits per heavy atom. The van der Waals surface area contributed by atoms with Gasteiger partial charge in [-0.1, -0.05) is 72.4 Å². The van der Waals surface area contributed by atoms with Gasteiger partial charge in [0.1, 0.15) is 29.8 Å². The van der Waals surface area contributed by atoms with Crippen LogP contribution in [0.3, 0.4) is 0 Å². The maximum atomic E-state index is 6.49. The van der Waals surface area contributed by atoms with Crippen LogP contribution in [0, 0.1) is 0 Å². The molecule has 0 saturated carbocycles. The fraction of sp³-hybridized carbons (Fsp3) is 0.458. The number of hydrogen-bond acceptors (Lipinski definition) is 7. The number of thioether (sulfide) groups is 1. The van der Waals surface area contributed by atoms with E-state index in [2.05, 4.69) is 24.3 Å². The summed E-state index contributed by atoms with van der Waals surface area (Å²) in [5.41, 5.74) is 8.44. The number of amidine groups is 1. The van der Waals surface area contributed by atoms with Crippen LogP contribution in [0.2, 0.25) is 0 Å². The summed E-state index contributed by atoms with van der Waals surface area (Å²) in [6.07, 6.45) is -0.866. The number of hydrogen-bond donors (Lipinski definition) is 1. The fourth-order valence-corrected chi connectivity index (χ4v) is 5.04. The Hall–Kier alpha value is -1.90. The van der Waals surface area contributed by atoms with Gasteiger partial charge in [0.15, 0.2) is 5.17 Å². The third-order valence-corrected chi connectivity index (χ3v) is 6.81. The molecule has 0 amide bonds. The molecule has 1 fully saturated rings. The molecule has 1 unspecified atom stereocenters. The Labute approximate surface area is 188 Å². The van der Waals surface area contributed by atoms with E-state index in [-0.39, 0.29) is 35.8 Å². The summed E-state index contributed by atoms with van der Waals surface area (Å²) in [6.45, 7) is 2.92. The van der Waals surface area contributed by atoms with Gasteiger partial charge in [-0.15, -0.1) is 0 Å². The van der Waals surface area contributed by atoms with Crippen molar-refractivity contribution in [3.05, 3.63) is 71.8 Å². The van der Waals surface area contributed by atoms with E-state index in [0.717, 1.165) is 16.3 Å². The van der Waals surface area contributed by atoms with E-state index in [9.17, 15) is 0 Å². The number of rotatable bonds is 7. The molecule has 6 atom stereocenters. The van der Waals surface area contributed by atoms with E-state index in [1.165, 1.54) is 0 Å². The van der Waals surface area contributed by atoms with Gasteiger partial charge < -0.3 is 24.8 Å². The minimum absolute atomic E-state index is 0.134. The third-order valence-electron chi connectivity index (χ3n) is 5.51. The summed E-state index contributed by atoms with van der Waals surface area (Å²) in [4.78, 5) is 6.95. The number of aliphatic imine (C=N–C) groups is 1. The van der Waals surface area contributed by atoms with E-state index >= 15 is 0 Å². The van der Waals surface area contributed by atoms with Gasteiger partial charge >= 0.3 is 0 Å². The highest BCUT2D eigenvalue weighted by Gasteiger charge is 2.51. The Bertz CT molecular complexity index is 863. The van der Waals surface area contributed by atoms with E-state index in [0.29, 0.717) is 13.2 Å². The summed E-state index contributed by atoms with van der Waals surface area (Å²) >= 11 is 1.63. The van der Waals surface area contributed by atoms with Crippen LogP contribution in [-0.4, -0.2) is 60.0 Å². The van der Waals surface area contributed by atoms with Crippen molar-refractivity contribution in [1.29, 1.82) is 0 Å². The number of ether oxygens (including phenoxy) is 3. The van der Waals surface area contributed by atoms with Crippen LogP contribution < -0.4 is 5.73 Å². The lowest BCUT2D eigenvalue weighted by Crippen LogP contribution is -2.61. The van der Waals surface area contributed by atoms with Crippen molar-refractivity contribution in [2.24, 2.45) is 10.7 Å². The lowest BCUT2D eigenvalue weighted by atomic mass is 9.94. The average Bonchev–Trinajstić information content (AvgIpc) is 3.22. The van der Waals surface area contributed by atoms with E-state index in [1.54, 1.807) is 11.8 Å². The predicted molar refractivity (Wildman–Crippen MR) is 125 cm³/mol. The molecule has 4 rings (SSSR count). The molecule has 0 aromatic heterocycles. The van der Waals surface area contributed by atoms with E-state index in [1.807, 2.05) is 62.3 Å². The summed E-state index contributed by atoms with van der Waals surface area (Å²) in [5, 5.41) is 0.940. The topological polar surface area (TPSA) is 69.3 Å². The summed E-state index contributed by atoms with van der Waals surface area (Å²) in [6, 6.07) is 20.0. The van der Waals surface area contributed by atoms with Crippen LogP contribution in [0.1, 0.15) is 18.1 Å². The predicted octanol–water partition coefficient (Wildman–Crippen LogP) is 3.26. The largest absolute Gasteiger partial charge is 0.368 e. The second kappa shape index (κ2) is 10.1. The standard InChI is InChI=1S/C24H31N3O3S/c1-16(25)20-22(29-15-18-12-8-5-9-13-18)21(28-14-17-10-6-4-7-11-17)19-23(30-20)31-24(26-19)27(2)3/h4-13,16,19-23H,14-15,25H2,1-3H3/t16?,19-,20-,21-,22-,23-/m1/s1. The van der Waals surface area contributed by atoms with Crippen LogP contribution >= 0.6 is 11.8 Å². The van der Waals surface area contributed by atoms with Crippen molar-refractivity contribution < 1.29 is 14.2 Å². The molecule has 2 aromatic carbocycles. The third kappa shape index (κ3) is 5.30. The van der Waals surface area contributed by atoms with Crippen LogP contribution in [-0.2, 0) is 27.4 Å². The van der Waals surface area contributed by atoms with Crippen molar-refractivity contribution in [3.63, 3.8) is 0 Å². The summed E-state index contributed by atoms with van der Waals surface area (Å²) in [5.74, 6) is 0. The second-order valence-electron chi connectivity index (χ2n) is 8.27. The SMILES string of the molecule is CC(N)[C@H]1O[C@@H]2SC(N(C)C)=N[C@@H]2[C@@H](OCc2ccccc2)[C@@H]1OCc1ccccc1. The Balaban J connectivity index is 1.59. The first-order chi connectivity index (χ1) is 15.0. The summed E-state index contributed by atoms with van der Waals surface area (Å²) in [7, 11) is 3.99. The zero-order chi connectivity index (χ0) is 21.8. The molecule has 6 nitrogen and oxygen atoms in total. The molecule has 0 spiro atoms. The zero-order valence-electron chi connectivity index (χ0n) is 18.3. The maximum Gasteiger partial charge on any atom is 0.161 e. The van der Waals surface area contributed by atoms with Crippen LogP contribution in [0.15, 0.2) is 65.7 Å². The smallest absolute Gasteiger partial charge is 0.161 e. The zero-order valence-corrected chi connectivity index (χ0v) is 19.1. The van der Waals surface area contributed by atoms with Gasteiger partial charge in [0.25, 0.3) is 0 Å². The first-order valence-corrected chi connectivity index (χ1v) is 11.5. The first-order valence-electron chi connectivity index (χ1n) is 10.7. The van der Waals surface area contributed by atoms with Gasteiger partial charge in [-0.25, -0.2) is 0 Å². The molecule has 2 aromatic rings. The van der Waals surface area contributed by atoms with Gasteiger partial charge in [0.2, 0.25) is 0 Å². The van der Waals surface area contributed by atoms with Crippen molar-refractivity contribution in [3.8, 4) is 0 Å². The first kappa shape index (κ1) is 22.3. The molecule has 0 bridgehead atoms. The molecule has 166 valence electrons. The quantitative estimate of drug-likeness (QED) is 0.711. The molecule has 0 aliphatic carbocycles. The van der Waals surface area contributed by atoms with Crippen molar-refractivity contribution in [1.82, 2.24) is 4.90 Å².